The highest BCUT2D eigenvalue weighted by Gasteiger charge is 2.21. The van der Waals surface area contributed by atoms with E-state index in [0.29, 0.717) is 6.41 Å². The number of carbonyl (C=O) groups is 2. The van der Waals surface area contributed by atoms with Crippen LogP contribution in [0, 0.1) is 0 Å². The molecule has 1 aromatic carbocycles. The van der Waals surface area contributed by atoms with Gasteiger partial charge < -0.3 is 10.2 Å². The van der Waals surface area contributed by atoms with E-state index in [1.165, 1.54) is 10.5 Å². The van der Waals surface area contributed by atoms with Crippen molar-refractivity contribution in [2.75, 3.05) is 14.1 Å². The van der Waals surface area contributed by atoms with E-state index in [-0.39, 0.29) is 5.91 Å². The number of nitrogens with one attached hydrogen (secondary N) is 1. The zero-order valence-corrected chi connectivity index (χ0v) is 12.4. The van der Waals surface area contributed by atoms with Gasteiger partial charge in [0.1, 0.15) is 6.04 Å². The molecule has 0 radical (unpaired) electrons. The number of hydrogen-bond donors (Lipinski definition) is 1. The molecule has 0 aliphatic heterocycles. The third-order valence-electron chi connectivity index (χ3n) is 2.64. The fourth-order valence-electron chi connectivity index (χ4n) is 1.58. The maximum atomic E-state index is 11.9. The minimum Gasteiger partial charge on any atom is -0.347 e. The third kappa shape index (κ3) is 5.12. The number of likely N-dealkylation sites (N-methyl/N-ethyl adjacent to an activating group) is 1. The summed E-state index contributed by atoms with van der Waals surface area (Å²) in [5.41, 5.74) is 2.00. The number of hydrogen-bond acceptors (Lipinski definition) is 2. The Labute approximate surface area is 115 Å². The highest BCUT2D eigenvalue weighted by molar-refractivity contribution is 5.84. The van der Waals surface area contributed by atoms with Gasteiger partial charge in [-0.2, -0.15) is 0 Å². The van der Waals surface area contributed by atoms with Crippen molar-refractivity contribution in [3.05, 3.63) is 35.4 Å². The molecule has 0 fully saturated rings. The Morgan fingerprint density at radius 1 is 1.26 bits per heavy atom. The van der Waals surface area contributed by atoms with Gasteiger partial charge >= 0.3 is 0 Å². The van der Waals surface area contributed by atoms with Crippen molar-refractivity contribution in [2.24, 2.45) is 0 Å². The predicted octanol–water partition coefficient (Wildman–Crippen LogP) is 2.15. The van der Waals surface area contributed by atoms with Gasteiger partial charge in [0.2, 0.25) is 12.3 Å². The van der Waals surface area contributed by atoms with Gasteiger partial charge in [0.25, 0.3) is 0 Å². The molecule has 19 heavy (non-hydrogen) atoms. The summed E-state index contributed by atoms with van der Waals surface area (Å²) in [5, 5.41) is 2.55. The number of amides is 2. The molecule has 0 aliphatic carbocycles. The van der Waals surface area contributed by atoms with E-state index in [9.17, 15) is 9.59 Å². The first-order valence-corrected chi connectivity index (χ1v) is 6.59. The number of carbonyl (C=O) groups excluding carboxylic acids is 2. The van der Waals surface area contributed by atoms with Crippen molar-refractivity contribution in [1.29, 1.82) is 0 Å². The van der Waals surface area contributed by atoms with E-state index in [1.807, 2.05) is 38.1 Å². The van der Waals surface area contributed by atoms with Gasteiger partial charge in [-0.1, -0.05) is 45.0 Å². The fourth-order valence-corrected chi connectivity index (χ4v) is 1.58. The lowest BCUT2D eigenvalue weighted by molar-refractivity contribution is -0.132. The summed E-state index contributed by atoms with van der Waals surface area (Å²) >= 11 is 0. The lowest BCUT2D eigenvalue weighted by atomic mass is 10.0. The highest BCUT2D eigenvalue weighted by Crippen LogP contribution is 2.15. The van der Waals surface area contributed by atoms with E-state index in [0.717, 1.165) is 12.0 Å². The number of aryl methyl sites for hydroxylation is 1. The first-order valence-electron chi connectivity index (χ1n) is 6.59. The molecule has 4 nitrogen and oxygen atoms in total. The van der Waals surface area contributed by atoms with Gasteiger partial charge in [-0.15, -0.1) is 0 Å². The minimum absolute atomic E-state index is 0.138. The Morgan fingerprint density at radius 2 is 1.79 bits per heavy atom. The largest absolute Gasteiger partial charge is 0.347 e. The first-order chi connectivity index (χ1) is 9.10. The van der Waals surface area contributed by atoms with Crippen LogP contribution in [-0.4, -0.2) is 31.3 Å². The third-order valence-corrected chi connectivity index (χ3v) is 2.64. The molecule has 4 heteroatoms. The molecule has 0 heterocycles. The van der Waals surface area contributed by atoms with E-state index in [1.54, 1.807) is 14.1 Å². The minimum atomic E-state index is -0.603. The van der Waals surface area contributed by atoms with Gasteiger partial charge in [0.05, 0.1) is 0 Å². The topological polar surface area (TPSA) is 49.4 Å². The quantitative estimate of drug-likeness (QED) is 0.828. The highest BCUT2D eigenvalue weighted by atomic mass is 16.2. The summed E-state index contributed by atoms with van der Waals surface area (Å²) in [5.74, 6) is -0.138. The zero-order chi connectivity index (χ0) is 14.8. The summed E-state index contributed by atoms with van der Waals surface area (Å²) in [6.07, 6.45) is 1.51. The van der Waals surface area contributed by atoms with Crippen molar-refractivity contribution >= 4 is 12.3 Å². The summed E-state index contributed by atoms with van der Waals surface area (Å²) in [6, 6.07) is 7.09. The SMILES string of the molecule is CC.CCc1ccc(C(NC=O)C(=O)N(C)C)cc1. The Morgan fingerprint density at radius 3 is 2.16 bits per heavy atom. The van der Waals surface area contributed by atoms with Crippen LogP contribution in [0.5, 0.6) is 0 Å². The maximum Gasteiger partial charge on any atom is 0.249 e. The average Bonchev–Trinajstić information content (AvgIpc) is 2.46. The smallest absolute Gasteiger partial charge is 0.249 e. The molecule has 1 atom stereocenters. The van der Waals surface area contributed by atoms with Gasteiger partial charge in [0.15, 0.2) is 0 Å². The van der Waals surface area contributed by atoms with Crippen LogP contribution < -0.4 is 5.32 Å². The lowest BCUT2D eigenvalue weighted by Crippen LogP contribution is -2.36. The van der Waals surface area contributed by atoms with Crippen LogP contribution in [0.25, 0.3) is 0 Å². The van der Waals surface area contributed by atoms with Crippen LogP contribution in [-0.2, 0) is 16.0 Å². The molecule has 0 aliphatic rings. The van der Waals surface area contributed by atoms with Gasteiger partial charge in [-0.25, -0.2) is 0 Å². The second-order valence-corrected chi connectivity index (χ2v) is 4.05. The van der Waals surface area contributed by atoms with Gasteiger partial charge in [-0.3, -0.25) is 9.59 Å². The Kier molecular flexibility index (Phi) is 8.25. The van der Waals surface area contributed by atoms with Crippen molar-refractivity contribution in [3.63, 3.8) is 0 Å². The Balaban J connectivity index is 0.00000154. The summed E-state index contributed by atoms with van der Waals surface area (Å²) in [7, 11) is 3.34. The molecule has 2 amide bonds. The fraction of sp³-hybridized carbons (Fsp3) is 0.467. The molecule has 106 valence electrons. The second kappa shape index (κ2) is 9.14. The Hall–Kier alpha value is -1.84. The van der Waals surface area contributed by atoms with Crippen molar-refractivity contribution in [3.8, 4) is 0 Å². The monoisotopic (exact) mass is 264 g/mol. The van der Waals surface area contributed by atoms with Crippen molar-refractivity contribution < 1.29 is 9.59 Å². The first kappa shape index (κ1) is 17.2. The molecule has 0 saturated heterocycles. The van der Waals surface area contributed by atoms with Gasteiger partial charge in [-0.05, 0) is 17.5 Å². The Bertz CT molecular complexity index is 386. The molecule has 1 rings (SSSR count). The molecule has 1 aromatic rings. The number of rotatable bonds is 5. The second-order valence-electron chi connectivity index (χ2n) is 4.05. The van der Waals surface area contributed by atoms with E-state index in [4.69, 9.17) is 0 Å². The standard InChI is InChI=1S/C13H18N2O2.C2H6/c1-4-10-5-7-11(8-6-10)12(14-9-16)13(17)15(2)3;1-2/h5-9,12H,4H2,1-3H3,(H,14,16);1-2H3. The van der Waals surface area contributed by atoms with Crippen molar-refractivity contribution in [2.45, 2.75) is 33.2 Å². The molecule has 0 bridgehead atoms. The van der Waals surface area contributed by atoms with Crippen LogP contribution in [0.1, 0.15) is 37.9 Å². The molecular weight excluding hydrogens is 240 g/mol. The number of benzene rings is 1. The van der Waals surface area contributed by atoms with E-state index in [2.05, 4.69) is 12.2 Å². The summed E-state index contributed by atoms with van der Waals surface area (Å²) in [4.78, 5) is 23.9. The molecule has 0 saturated carbocycles. The van der Waals surface area contributed by atoms with Crippen LogP contribution in [0.15, 0.2) is 24.3 Å². The van der Waals surface area contributed by atoms with Crippen LogP contribution in [0.2, 0.25) is 0 Å². The van der Waals surface area contributed by atoms with Crippen LogP contribution in [0.4, 0.5) is 0 Å². The van der Waals surface area contributed by atoms with E-state index >= 15 is 0 Å². The molecule has 0 aromatic heterocycles. The number of nitrogens with zero attached hydrogens (tertiary/aromatic N) is 1. The van der Waals surface area contributed by atoms with Crippen LogP contribution >= 0.6 is 0 Å². The predicted molar refractivity (Wildman–Crippen MR) is 77.8 cm³/mol. The summed E-state index contributed by atoms with van der Waals surface area (Å²) in [6.45, 7) is 6.07. The molecule has 1 unspecified atom stereocenters. The molecular formula is C15H24N2O2. The molecule has 1 N–H and O–H groups in total. The maximum absolute atomic E-state index is 11.9. The molecule has 0 spiro atoms. The normalized spacial score (nSPS) is 10.8. The summed E-state index contributed by atoms with van der Waals surface area (Å²) < 4.78 is 0. The zero-order valence-electron chi connectivity index (χ0n) is 12.4. The van der Waals surface area contributed by atoms with Crippen LogP contribution in [0.3, 0.4) is 0 Å². The lowest BCUT2D eigenvalue weighted by Gasteiger charge is -2.20. The van der Waals surface area contributed by atoms with Gasteiger partial charge in [0, 0.05) is 14.1 Å². The van der Waals surface area contributed by atoms with Crippen molar-refractivity contribution in [1.82, 2.24) is 10.2 Å². The van der Waals surface area contributed by atoms with E-state index < -0.39 is 6.04 Å². The average molecular weight is 264 g/mol.